The standard InChI is InChI=1S/C19H20ClFN8O/c1-2-14-16(28-9-12(20)17(22)27-19(28)26-14)18(30)24-8-11-3-4-15(13(21)7-11)29-6-5-23-10-25-29/h3-4,7,9-10H,2,5-6,8H2,1H3,(H,23,25)(H,24,30)(H2,22,26,27). The van der Waals surface area contributed by atoms with Crippen molar-refractivity contribution in [3.05, 3.63) is 52.2 Å². The maximum atomic E-state index is 14.6. The number of amides is 1. The molecule has 4 rings (SSSR count). The summed E-state index contributed by atoms with van der Waals surface area (Å²) in [6.07, 6.45) is 3.58. The van der Waals surface area contributed by atoms with E-state index in [0.717, 1.165) is 0 Å². The minimum atomic E-state index is -0.389. The lowest BCUT2D eigenvalue weighted by Crippen LogP contribution is -2.42. The fourth-order valence-electron chi connectivity index (χ4n) is 3.23. The molecule has 4 N–H and O–H groups in total. The number of carbonyl (C=O) groups excluding carboxylic acids is 1. The maximum absolute atomic E-state index is 14.6. The van der Waals surface area contributed by atoms with Crippen molar-refractivity contribution < 1.29 is 9.18 Å². The van der Waals surface area contributed by atoms with E-state index in [1.165, 1.54) is 23.0 Å². The van der Waals surface area contributed by atoms with Crippen LogP contribution in [0.1, 0.15) is 28.7 Å². The fraction of sp³-hybridized carbons (Fsp3) is 0.263. The van der Waals surface area contributed by atoms with Gasteiger partial charge in [-0.05, 0) is 24.1 Å². The molecule has 3 aromatic rings. The number of hydrogen-bond donors (Lipinski definition) is 3. The number of hydrazine groups is 1. The van der Waals surface area contributed by atoms with Crippen molar-refractivity contribution in [2.75, 3.05) is 23.8 Å². The highest BCUT2D eigenvalue weighted by atomic mass is 35.5. The van der Waals surface area contributed by atoms with Gasteiger partial charge in [0.2, 0.25) is 5.78 Å². The van der Waals surface area contributed by atoms with E-state index in [4.69, 9.17) is 17.3 Å². The number of aromatic nitrogens is 3. The number of hydrogen-bond acceptors (Lipinski definition) is 7. The van der Waals surface area contributed by atoms with Crippen LogP contribution < -0.4 is 21.5 Å². The number of aryl methyl sites for hydroxylation is 1. The minimum absolute atomic E-state index is 0.147. The molecule has 2 aromatic heterocycles. The molecule has 1 aromatic carbocycles. The molecule has 0 saturated carbocycles. The Labute approximate surface area is 176 Å². The number of nitrogens with zero attached hydrogens (tertiary/aromatic N) is 5. The number of imidazole rings is 1. The third-order valence-electron chi connectivity index (χ3n) is 4.74. The van der Waals surface area contributed by atoms with Gasteiger partial charge in [-0.2, -0.15) is 4.98 Å². The molecule has 1 amide bonds. The summed E-state index contributed by atoms with van der Waals surface area (Å²) in [4.78, 5) is 25.4. The third kappa shape index (κ3) is 3.73. The summed E-state index contributed by atoms with van der Waals surface area (Å²) in [6.45, 7) is 3.20. The van der Waals surface area contributed by atoms with E-state index in [2.05, 4.69) is 25.7 Å². The van der Waals surface area contributed by atoms with Gasteiger partial charge in [0.25, 0.3) is 5.91 Å². The van der Waals surface area contributed by atoms with E-state index in [-0.39, 0.29) is 29.1 Å². The number of nitrogens with one attached hydrogen (secondary N) is 2. The van der Waals surface area contributed by atoms with Gasteiger partial charge in [-0.1, -0.05) is 24.6 Å². The number of fused-ring (bicyclic) bond motifs is 1. The summed E-state index contributed by atoms with van der Waals surface area (Å²) in [6, 6.07) is 4.83. The Bertz CT molecular complexity index is 1150. The highest BCUT2D eigenvalue weighted by molar-refractivity contribution is 6.32. The first-order valence-corrected chi connectivity index (χ1v) is 9.77. The SMILES string of the molecule is CCc1nc2nc(N)c(Cl)cn2c1C(=O)NCc1ccc(N2CCN=CN2)c(F)c1. The van der Waals surface area contributed by atoms with E-state index < -0.39 is 0 Å². The van der Waals surface area contributed by atoms with Crippen molar-refractivity contribution >= 4 is 41.1 Å². The van der Waals surface area contributed by atoms with E-state index in [1.807, 2.05) is 6.92 Å². The van der Waals surface area contributed by atoms with Gasteiger partial charge in [-0.25, -0.2) is 9.37 Å². The zero-order valence-corrected chi connectivity index (χ0v) is 16.9. The van der Waals surface area contributed by atoms with Crippen LogP contribution in [0.15, 0.2) is 29.4 Å². The molecule has 11 heteroatoms. The quantitative estimate of drug-likeness (QED) is 0.570. The zero-order valence-electron chi connectivity index (χ0n) is 16.2. The van der Waals surface area contributed by atoms with Gasteiger partial charge in [0.15, 0.2) is 0 Å². The highest BCUT2D eigenvalue weighted by Gasteiger charge is 2.20. The Kier molecular flexibility index (Phi) is 5.40. The molecule has 1 aliphatic rings. The molecule has 156 valence electrons. The number of halogens is 2. The Morgan fingerprint density at radius 1 is 1.40 bits per heavy atom. The molecule has 0 spiro atoms. The Morgan fingerprint density at radius 3 is 2.93 bits per heavy atom. The number of benzene rings is 1. The van der Waals surface area contributed by atoms with Crippen LogP contribution in [0, 0.1) is 5.82 Å². The number of aliphatic imine (C=N–C) groups is 1. The van der Waals surface area contributed by atoms with Crippen LogP contribution in [0.2, 0.25) is 5.02 Å². The second-order valence-electron chi connectivity index (χ2n) is 6.69. The molecule has 0 unspecified atom stereocenters. The van der Waals surface area contributed by atoms with Crippen molar-refractivity contribution in [1.29, 1.82) is 0 Å². The average molecular weight is 431 g/mol. The van der Waals surface area contributed by atoms with Crippen LogP contribution in [0.5, 0.6) is 0 Å². The zero-order chi connectivity index (χ0) is 21.3. The Hall–Kier alpha value is -3.40. The number of rotatable bonds is 5. The molecule has 0 fully saturated rings. The van der Waals surface area contributed by atoms with Gasteiger partial charge in [0.05, 0.1) is 29.5 Å². The van der Waals surface area contributed by atoms with Crippen LogP contribution in [0.4, 0.5) is 15.9 Å². The molecule has 9 nitrogen and oxygen atoms in total. The van der Waals surface area contributed by atoms with Gasteiger partial charge >= 0.3 is 0 Å². The first-order valence-electron chi connectivity index (χ1n) is 9.39. The van der Waals surface area contributed by atoms with Crippen molar-refractivity contribution in [3.63, 3.8) is 0 Å². The summed E-state index contributed by atoms with van der Waals surface area (Å²) < 4.78 is 16.1. The molecule has 0 aliphatic carbocycles. The molecule has 0 bridgehead atoms. The van der Waals surface area contributed by atoms with E-state index in [0.29, 0.717) is 47.9 Å². The number of nitrogen functional groups attached to an aromatic ring is 1. The number of carbonyl (C=O) groups is 1. The summed E-state index contributed by atoms with van der Waals surface area (Å²) >= 11 is 6.06. The monoisotopic (exact) mass is 430 g/mol. The fourth-order valence-corrected chi connectivity index (χ4v) is 3.37. The predicted octanol–water partition coefficient (Wildman–Crippen LogP) is 1.95. The molecule has 30 heavy (non-hydrogen) atoms. The van der Waals surface area contributed by atoms with E-state index >= 15 is 0 Å². The van der Waals surface area contributed by atoms with Crippen molar-refractivity contribution in [2.24, 2.45) is 4.99 Å². The lowest BCUT2D eigenvalue weighted by molar-refractivity contribution is 0.0944. The molecule has 0 saturated heterocycles. The molecule has 1 aliphatic heterocycles. The topological polar surface area (TPSA) is 113 Å². The van der Waals surface area contributed by atoms with Crippen molar-refractivity contribution in [1.82, 2.24) is 25.1 Å². The number of anilines is 2. The highest BCUT2D eigenvalue weighted by Crippen LogP contribution is 2.22. The Morgan fingerprint density at radius 2 is 2.23 bits per heavy atom. The average Bonchev–Trinajstić information content (AvgIpc) is 3.10. The molecule has 0 atom stereocenters. The largest absolute Gasteiger partial charge is 0.382 e. The number of nitrogens with two attached hydrogens (primary N) is 1. The van der Waals surface area contributed by atoms with Crippen molar-refractivity contribution in [3.8, 4) is 0 Å². The second-order valence-corrected chi connectivity index (χ2v) is 7.10. The van der Waals surface area contributed by atoms with Gasteiger partial charge in [-0.3, -0.25) is 24.6 Å². The van der Waals surface area contributed by atoms with Crippen LogP contribution in [0.3, 0.4) is 0 Å². The van der Waals surface area contributed by atoms with Crippen molar-refractivity contribution in [2.45, 2.75) is 19.9 Å². The molecule has 0 radical (unpaired) electrons. The van der Waals surface area contributed by atoms with E-state index in [9.17, 15) is 9.18 Å². The third-order valence-corrected chi connectivity index (χ3v) is 5.03. The molecular weight excluding hydrogens is 411 g/mol. The summed E-state index contributed by atoms with van der Waals surface area (Å²) in [5.74, 6) is -0.305. The summed E-state index contributed by atoms with van der Waals surface area (Å²) in [7, 11) is 0. The van der Waals surface area contributed by atoms with Crippen LogP contribution in [-0.4, -0.2) is 39.7 Å². The van der Waals surface area contributed by atoms with Crippen LogP contribution in [-0.2, 0) is 13.0 Å². The molecular formula is C19H20ClFN8O. The second kappa shape index (κ2) is 8.15. The predicted molar refractivity (Wildman–Crippen MR) is 113 cm³/mol. The van der Waals surface area contributed by atoms with Gasteiger partial charge in [-0.15, -0.1) is 0 Å². The normalized spacial score (nSPS) is 13.5. The minimum Gasteiger partial charge on any atom is -0.382 e. The summed E-state index contributed by atoms with van der Waals surface area (Å²) in [5.41, 5.74) is 10.6. The maximum Gasteiger partial charge on any atom is 0.270 e. The lowest BCUT2D eigenvalue weighted by Gasteiger charge is -2.26. The van der Waals surface area contributed by atoms with E-state index in [1.54, 1.807) is 17.1 Å². The molecule has 3 heterocycles. The summed E-state index contributed by atoms with van der Waals surface area (Å²) in [5, 5.41) is 4.72. The van der Waals surface area contributed by atoms with Crippen LogP contribution in [0.25, 0.3) is 5.78 Å². The Balaban J connectivity index is 1.53. The van der Waals surface area contributed by atoms with Gasteiger partial charge in [0, 0.05) is 12.7 Å². The first-order chi connectivity index (χ1) is 14.5. The van der Waals surface area contributed by atoms with Gasteiger partial charge in [0.1, 0.15) is 23.7 Å². The smallest absolute Gasteiger partial charge is 0.270 e. The van der Waals surface area contributed by atoms with Crippen LogP contribution >= 0.6 is 11.6 Å². The van der Waals surface area contributed by atoms with Gasteiger partial charge < -0.3 is 11.1 Å². The first kappa shape index (κ1) is 19.9. The lowest BCUT2D eigenvalue weighted by atomic mass is 10.1.